The number of hydrogen-bond acceptors (Lipinski definition) is 2. The molecule has 1 radical (unpaired) electrons. The van der Waals surface area contributed by atoms with Gasteiger partial charge in [0.05, 0.1) is 11.1 Å². The van der Waals surface area contributed by atoms with Crippen molar-refractivity contribution in [2.75, 3.05) is 0 Å². The van der Waals surface area contributed by atoms with Crippen molar-refractivity contribution in [1.82, 2.24) is 4.98 Å². The zero-order valence-electron chi connectivity index (χ0n) is 10.1. The maximum absolute atomic E-state index is 12.8. The van der Waals surface area contributed by atoms with Crippen molar-refractivity contribution < 1.29 is 31.1 Å². The molecule has 1 heterocycles. The van der Waals surface area contributed by atoms with Crippen LogP contribution in [0.2, 0.25) is 0 Å². The molecule has 8 heteroatoms. The van der Waals surface area contributed by atoms with Crippen LogP contribution in [0.5, 0.6) is 11.6 Å². The number of halogens is 6. The first-order valence-electron chi connectivity index (χ1n) is 5.46. The summed E-state index contributed by atoms with van der Waals surface area (Å²) in [6.07, 6.45) is -8.71. The Morgan fingerprint density at radius 1 is 0.952 bits per heavy atom. The minimum Gasteiger partial charge on any atom is -0.438 e. The average molecular weight is 306 g/mol. The van der Waals surface area contributed by atoms with E-state index in [9.17, 15) is 26.3 Å². The highest BCUT2D eigenvalue weighted by Crippen LogP contribution is 2.41. The van der Waals surface area contributed by atoms with E-state index < -0.39 is 29.2 Å². The maximum Gasteiger partial charge on any atom is 0.420 e. The van der Waals surface area contributed by atoms with Crippen LogP contribution in [0.4, 0.5) is 26.3 Å². The molecule has 2 rings (SSSR count). The van der Waals surface area contributed by atoms with Crippen LogP contribution in [0.1, 0.15) is 11.1 Å². The smallest absolute Gasteiger partial charge is 0.420 e. The molecule has 21 heavy (non-hydrogen) atoms. The second kappa shape index (κ2) is 5.27. The Labute approximate surface area is 115 Å². The van der Waals surface area contributed by atoms with Crippen molar-refractivity contribution >= 4 is 0 Å². The molecule has 1 aromatic carbocycles. The fourth-order valence-electron chi connectivity index (χ4n) is 1.50. The second-order valence-electron chi connectivity index (χ2n) is 3.90. The van der Waals surface area contributed by atoms with Crippen molar-refractivity contribution in [2.45, 2.75) is 12.4 Å². The third-order valence-electron chi connectivity index (χ3n) is 2.42. The third-order valence-corrected chi connectivity index (χ3v) is 2.42. The van der Waals surface area contributed by atoms with Crippen LogP contribution in [0.15, 0.2) is 36.5 Å². The first kappa shape index (κ1) is 15.1. The summed E-state index contributed by atoms with van der Waals surface area (Å²) < 4.78 is 80.9. The number of hydrogen-bond donors (Lipinski definition) is 0. The minimum absolute atomic E-state index is 0.00436. The Kier molecular flexibility index (Phi) is 3.80. The van der Waals surface area contributed by atoms with Gasteiger partial charge in [0.2, 0.25) is 5.88 Å². The average Bonchev–Trinajstić information content (AvgIpc) is 2.38. The van der Waals surface area contributed by atoms with E-state index >= 15 is 0 Å². The van der Waals surface area contributed by atoms with Gasteiger partial charge in [0.15, 0.2) is 0 Å². The summed E-state index contributed by atoms with van der Waals surface area (Å²) >= 11 is 0. The van der Waals surface area contributed by atoms with E-state index in [-0.39, 0.29) is 11.9 Å². The van der Waals surface area contributed by atoms with Gasteiger partial charge in [0, 0.05) is 18.3 Å². The molecule has 111 valence electrons. The summed E-state index contributed by atoms with van der Waals surface area (Å²) in [5.41, 5.74) is -2.93. The highest BCUT2D eigenvalue weighted by atomic mass is 19.4. The molecule has 0 atom stereocenters. The minimum atomic E-state index is -4.99. The van der Waals surface area contributed by atoms with Crippen molar-refractivity contribution in [2.24, 2.45) is 0 Å². The summed E-state index contributed by atoms with van der Waals surface area (Å²) in [6.45, 7) is 0. The van der Waals surface area contributed by atoms with Crippen LogP contribution in [0.25, 0.3) is 0 Å². The molecular formula is C13H6F6NO. The third kappa shape index (κ3) is 3.65. The lowest BCUT2D eigenvalue weighted by Gasteiger charge is -2.15. The molecule has 0 N–H and O–H groups in total. The van der Waals surface area contributed by atoms with Gasteiger partial charge in [0.1, 0.15) is 5.75 Å². The van der Waals surface area contributed by atoms with Gasteiger partial charge in [-0.1, -0.05) is 0 Å². The lowest BCUT2D eigenvalue weighted by Crippen LogP contribution is -2.12. The standard InChI is InChI=1S/C13H6F6NO/c14-12(15,16)8-4-5-10(9(7-8)13(17,18)19)21-11-3-1-2-6-20-11/h1,3-7H. The molecule has 2 nitrogen and oxygen atoms in total. The van der Waals surface area contributed by atoms with Gasteiger partial charge < -0.3 is 4.74 Å². The first-order chi connectivity index (χ1) is 9.68. The highest BCUT2D eigenvalue weighted by Gasteiger charge is 2.39. The van der Waals surface area contributed by atoms with Crippen LogP contribution in [-0.2, 0) is 12.4 Å². The van der Waals surface area contributed by atoms with Crippen LogP contribution >= 0.6 is 0 Å². The Balaban J connectivity index is 2.46. The Hall–Kier alpha value is -2.25. The Morgan fingerprint density at radius 2 is 1.67 bits per heavy atom. The summed E-state index contributed by atoms with van der Waals surface area (Å²) in [5, 5.41) is 0. The molecule has 0 fully saturated rings. The van der Waals surface area contributed by atoms with E-state index in [1.807, 2.05) is 0 Å². The van der Waals surface area contributed by atoms with Crippen LogP contribution < -0.4 is 4.74 Å². The maximum atomic E-state index is 12.8. The predicted octanol–water partition coefficient (Wildman–Crippen LogP) is 4.71. The number of ether oxygens (including phenoxy) is 1. The summed E-state index contributed by atoms with van der Waals surface area (Å²) in [5.74, 6) is -0.937. The van der Waals surface area contributed by atoms with Gasteiger partial charge in [-0.3, -0.25) is 0 Å². The topological polar surface area (TPSA) is 22.1 Å². The van der Waals surface area contributed by atoms with Crippen LogP contribution in [0, 0.1) is 6.07 Å². The quantitative estimate of drug-likeness (QED) is 0.750. The summed E-state index contributed by atoms with van der Waals surface area (Å²) in [7, 11) is 0. The van der Waals surface area contributed by atoms with E-state index in [0.29, 0.717) is 12.1 Å². The van der Waals surface area contributed by atoms with Gasteiger partial charge in [-0.25, -0.2) is 4.98 Å². The van der Waals surface area contributed by atoms with Crippen LogP contribution in [-0.4, -0.2) is 4.98 Å². The summed E-state index contributed by atoms with van der Waals surface area (Å²) in [6, 6.07) is 6.24. The van der Waals surface area contributed by atoms with Gasteiger partial charge in [-0.15, -0.1) is 0 Å². The highest BCUT2D eigenvalue weighted by molar-refractivity contribution is 5.42. The predicted molar refractivity (Wildman–Crippen MR) is 59.6 cm³/mol. The number of benzene rings is 1. The Bertz CT molecular complexity index is 621. The SMILES string of the molecule is FC(F)(F)c1ccc(Oc2cc[c]cn2)c(C(F)(F)F)c1. The normalized spacial score (nSPS) is 12.3. The molecule has 1 aromatic heterocycles. The molecule has 0 aliphatic rings. The van der Waals surface area contributed by atoms with Crippen molar-refractivity contribution in [3.8, 4) is 11.6 Å². The number of nitrogens with zero attached hydrogens (tertiary/aromatic N) is 1. The molecule has 0 amide bonds. The number of alkyl halides is 6. The molecule has 0 aliphatic carbocycles. The molecule has 0 spiro atoms. The van der Waals surface area contributed by atoms with E-state index in [1.165, 1.54) is 12.1 Å². The lowest BCUT2D eigenvalue weighted by molar-refractivity contribution is -0.143. The van der Waals surface area contributed by atoms with Crippen molar-refractivity contribution in [3.05, 3.63) is 53.7 Å². The molecule has 0 aliphatic heterocycles. The largest absolute Gasteiger partial charge is 0.438 e. The molecule has 0 bridgehead atoms. The van der Waals surface area contributed by atoms with Gasteiger partial charge in [0.25, 0.3) is 0 Å². The monoisotopic (exact) mass is 306 g/mol. The van der Waals surface area contributed by atoms with Gasteiger partial charge in [-0.05, 0) is 24.3 Å². The number of rotatable bonds is 2. The van der Waals surface area contributed by atoms with E-state index in [2.05, 4.69) is 11.1 Å². The zero-order valence-corrected chi connectivity index (χ0v) is 10.1. The fourth-order valence-corrected chi connectivity index (χ4v) is 1.50. The van der Waals surface area contributed by atoms with Crippen molar-refractivity contribution in [3.63, 3.8) is 0 Å². The Morgan fingerprint density at radius 3 is 2.19 bits per heavy atom. The van der Waals surface area contributed by atoms with Gasteiger partial charge in [-0.2, -0.15) is 26.3 Å². The zero-order chi connectivity index (χ0) is 15.7. The lowest BCUT2D eigenvalue weighted by atomic mass is 10.1. The van der Waals surface area contributed by atoms with E-state index in [4.69, 9.17) is 4.74 Å². The second-order valence-corrected chi connectivity index (χ2v) is 3.90. The fraction of sp³-hybridized carbons (Fsp3) is 0.154. The molecule has 0 unspecified atom stereocenters. The molecule has 2 aromatic rings. The summed E-state index contributed by atoms with van der Waals surface area (Å²) in [4.78, 5) is 3.60. The first-order valence-corrected chi connectivity index (χ1v) is 5.46. The number of pyridine rings is 1. The van der Waals surface area contributed by atoms with Gasteiger partial charge >= 0.3 is 12.4 Å². The van der Waals surface area contributed by atoms with E-state index in [0.717, 1.165) is 6.20 Å². The van der Waals surface area contributed by atoms with Crippen molar-refractivity contribution in [1.29, 1.82) is 0 Å². The number of aromatic nitrogens is 1. The molecule has 0 saturated carbocycles. The molecule has 0 saturated heterocycles. The van der Waals surface area contributed by atoms with Crippen LogP contribution in [0.3, 0.4) is 0 Å². The van der Waals surface area contributed by atoms with E-state index in [1.54, 1.807) is 0 Å². The molecular weight excluding hydrogens is 300 g/mol.